The summed E-state index contributed by atoms with van der Waals surface area (Å²) >= 11 is 5.81. The number of halogens is 1. The molecule has 24 heavy (non-hydrogen) atoms. The van der Waals surface area contributed by atoms with Crippen LogP contribution in [0.2, 0.25) is 5.02 Å². The van der Waals surface area contributed by atoms with E-state index in [0.29, 0.717) is 16.5 Å². The van der Waals surface area contributed by atoms with Crippen LogP contribution in [0, 0.1) is 6.92 Å². The molecular weight excluding hydrogens is 328 g/mol. The molecule has 0 aliphatic rings. The maximum absolute atomic E-state index is 12.0. The summed E-state index contributed by atoms with van der Waals surface area (Å²) in [6.45, 7) is 2.20. The van der Waals surface area contributed by atoms with E-state index in [4.69, 9.17) is 11.6 Å². The van der Waals surface area contributed by atoms with Crippen LogP contribution in [0.15, 0.2) is 48.5 Å². The van der Waals surface area contributed by atoms with Crippen molar-refractivity contribution in [1.29, 1.82) is 0 Å². The van der Waals surface area contributed by atoms with E-state index in [2.05, 4.69) is 26.2 Å². The van der Waals surface area contributed by atoms with Gasteiger partial charge in [-0.15, -0.1) is 5.10 Å². The Bertz CT molecular complexity index is 829. The molecular formula is C16H15ClN6O. The minimum absolute atomic E-state index is 0.195. The van der Waals surface area contributed by atoms with E-state index < -0.39 is 0 Å². The molecule has 3 rings (SSSR count). The van der Waals surface area contributed by atoms with Crippen LogP contribution in [0.3, 0.4) is 0 Å². The van der Waals surface area contributed by atoms with Gasteiger partial charge in [0.2, 0.25) is 0 Å². The van der Waals surface area contributed by atoms with Gasteiger partial charge in [-0.2, -0.15) is 4.68 Å². The average Bonchev–Trinajstić information content (AvgIpc) is 3.04. The Morgan fingerprint density at radius 2 is 1.83 bits per heavy atom. The number of nitrogens with zero attached hydrogens (tertiary/aromatic N) is 4. The first-order valence-electron chi connectivity index (χ1n) is 7.26. The molecule has 2 N–H and O–H groups in total. The van der Waals surface area contributed by atoms with Crippen molar-refractivity contribution >= 4 is 23.3 Å². The molecule has 0 aliphatic heterocycles. The third-order valence-electron chi connectivity index (χ3n) is 3.32. The second-order valence-electron chi connectivity index (χ2n) is 5.16. The Labute approximate surface area is 143 Å². The average molecular weight is 343 g/mol. The van der Waals surface area contributed by atoms with E-state index in [1.54, 1.807) is 28.9 Å². The lowest BCUT2D eigenvalue weighted by atomic mass is 10.2. The topological polar surface area (TPSA) is 84.7 Å². The highest BCUT2D eigenvalue weighted by Gasteiger charge is 2.10. The molecule has 0 atom stereocenters. The SMILES string of the molecule is Cc1ccc(-n2nnnc2CNC(=O)Nc2ccc(Cl)cc2)cc1. The van der Waals surface area contributed by atoms with E-state index in [1.807, 2.05) is 31.2 Å². The Morgan fingerprint density at radius 3 is 2.54 bits per heavy atom. The second kappa shape index (κ2) is 7.10. The fraction of sp³-hybridized carbons (Fsp3) is 0.125. The number of aromatic nitrogens is 4. The zero-order valence-corrected chi connectivity index (χ0v) is 13.7. The van der Waals surface area contributed by atoms with E-state index >= 15 is 0 Å². The van der Waals surface area contributed by atoms with Crippen LogP contribution >= 0.6 is 11.6 Å². The summed E-state index contributed by atoms with van der Waals surface area (Å²) in [5.74, 6) is 0.533. The minimum Gasteiger partial charge on any atom is -0.330 e. The van der Waals surface area contributed by atoms with Crippen LogP contribution in [0.25, 0.3) is 5.69 Å². The third kappa shape index (κ3) is 3.88. The van der Waals surface area contributed by atoms with Gasteiger partial charge >= 0.3 is 6.03 Å². The molecule has 0 saturated carbocycles. The summed E-state index contributed by atoms with van der Waals surface area (Å²) in [6, 6.07) is 14.3. The number of benzene rings is 2. The number of tetrazole rings is 1. The molecule has 0 saturated heterocycles. The molecule has 1 heterocycles. The molecule has 0 spiro atoms. The molecule has 8 heteroatoms. The van der Waals surface area contributed by atoms with Crippen molar-refractivity contribution < 1.29 is 4.79 Å². The van der Waals surface area contributed by atoms with Crippen molar-refractivity contribution in [2.45, 2.75) is 13.5 Å². The molecule has 0 bridgehead atoms. The van der Waals surface area contributed by atoms with Crippen molar-refractivity contribution in [3.8, 4) is 5.69 Å². The van der Waals surface area contributed by atoms with Crippen LogP contribution in [0.4, 0.5) is 10.5 Å². The number of hydrogen-bond donors (Lipinski definition) is 2. The van der Waals surface area contributed by atoms with Gasteiger partial charge in [-0.1, -0.05) is 29.3 Å². The first-order chi connectivity index (χ1) is 11.6. The zero-order valence-electron chi connectivity index (χ0n) is 12.9. The largest absolute Gasteiger partial charge is 0.330 e. The highest BCUT2D eigenvalue weighted by Crippen LogP contribution is 2.13. The third-order valence-corrected chi connectivity index (χ3v) is 3.57. The Balaban J connectivity index is 1.63. The van der Waals surface area contributed by atoms with Gasteiger partial charge in [0.25, 0.3) is 0 Å². The number of carbonyl (C=O) groups excluding carboxylic acids is 1. The second-order valence-corrected chi connectivity index (χ2v) is 5.59. The molecule has 0 unspecified atom stereocenters. The number of anilines is 1. The van der Waals surface area contributed by atoms with Gasteiger partial charge in [-0.25, -0.2) is 4.79 Å². The van der Waals surface area contributed by atoms with Crippen LogP contribution in [0.1, 0.15) is 11.4 Å². The van der Waals surface area contributed by atoms with Gasteiger partial charge in [0.05, 0.1) is 12.2 Å². The number of hydrogen-bond acceptors (Lipinski definition) is 4. The summed E-state index contributed by atoms with van der Waals surface area (Å²) in [6.07, 6.45) is 0. The number of urea groups is 1. The standard InChI is InChI=1S/C16H15ClN6O/c1-11-2-8-14(9-3-11)23-15(20-21-22-23)10-18-16(24)19-13-6-4-12(17)5-7-13/h2-9H,10H2,1H3,(H2,18,19,24). The Morgan fingerprint density at radius 1 is 1.12 bits per heavy atom. The van der Waals surface area contributed by atoms with Crippen molar-refractivity contribution in [3.63, 3.8) is 0 Å². The highest BCUT2D eigenvalue weighted by atomic mass is 35.5. The van der Waals surface area contributed by atoms with E-state index in [0.717, 1.165) is 11.3 Å². The lowest BCUT2D eigenvalue weighted by Gasteiger charge is -2.08. The number of aryl methyl sites for hydroxylation is 1. The fourth-order valence-electron chi connectivity index (χ4n) is 2.07. The van der Waals surface area contributed by atoms with Crippen LogP contribution in [0.5, 0.6) is 0 Å². The quantitative estimate of drug-likeness (QED) is 0.763. The molecule has 0 fully saturated rings. The minimum atomic E-state index is -0.351. The molecule has 0 aliphatic carbocycles. The fourth-order valence-corrected chi connectivity index (χ4v) is 2.20. The first kappa shape index (κ1) is 15.9. The summed E-state index contributed by atoms with van der Waals surface area (Å²) in [5.41, 5.74) is 2.63. The summed E-state index contributed by atoms with van der Waals surface area (Å²) in [5, 5.41) is 17.6. The number of nitrogens with one attached hydrogen (secondary N) is 2. The predicted octanol–water partition coefficient (Wildman–Crippen LogP) is 2.95. The molecule has 1 aromatic heterocycles. The van der Waals surface area contributed by atoms with E-state index in [-0.39, 0.29) is 12.6 Å². The van der Waals surface area contributed by atoms with Crippen molar-refractivity contribution in [2.75, 3.05) is 5.32 Å². The van der Waals surface area contributed by atoms with Gasteiger partial charge in [-0.3, -0.25) is 0 Å². The molecule has 2 aromatic carbocycles. The van der Waals surface area contributed by atoms with E-state index in [9.17, 15) is 4.79 Å². The zero-order chi connectivity index (χ0) is 16.9. The summed E-state index contributed by atoms with van der Waals surface area (Å²) in [7, 11) is 0. The first-order valence-corrected chi connectivity index (χ1v) is 7.64. The van der Waals surface area contributed by atoms with Crippen LogP contribution < -0.4 is 10.6 Å². The van der Waals surface area contributed by atoms with Gasteiger partial charge in [-0.05, 0) is 53.7 Å². The number of amides is 2. The maximum atomic E-state index is 12.0. The molecule has 7 nitrogen and oxygen atoms in total. The molecule has 0 radical (unpaired) electrons. The van der Waals surface area contributed by atoms with Crippen molar-refractivity contribution in [3.05, 3.63) is 64.9 Å². The lowest BCUT2D eigenvalue weighted by Crippen LogP contribution is -2.29. The normalized spacial score (nSPS) is 10.4. The van der Waals surface area contributed by atoms with Gasteiger partial charge in [0.1, 0.15) is 0 Å². The van der Waals surface area contributed by atoms with Crippen LogP contribution in [-0.2, 0) is 6.54 Å². The van der Waals surface area contributed by atoms with E-state index in [1.165, 1.54) is 0 Å². The van der Waals surface area contributed by atoms with Crippen molar-refractivity contribution in [1.82, 2.24) is 25.5 Å². The number of rotatable bonds is 4. The Kier molecular flexibility index (Phi) is 4.72. The maximum Gasteiger partial charge on any atom is 0.319 e. The van der Waals surface area contributed by atoms with Crippen LogP contribution in [-0.4, -0.2) is 26.2 Å². The predicted molar refractivity (Wildman–Crippen MR) is 91.2 cm³/mol. The van der Waals surface area contributed by atoms with Gasteiger partial charge in [0, 0.05) is 10.7 Å². The molecule has 3 aromatic rings. The smallest absolute Gasteiger partial charge is 0.319 e. The molecule has 2 amide bonds. The lowest BCUT2D eigenvalue weighted by molar-refractivity contribution is 0.251. The number of carbonyl (C=O) groups is 1. The Hall–Kier alpha value is -2.93. The molecule has 122 valence electrons. The highest BCUT2D eigenvalue weighted by molar-refractivity contribution is 6.30. The van der Waals surface area contributed by atoms with Gasteiger partial charge in [0.15, 0.2) is 5.82 Å². The van der Waals surface area contributed by atoms with Gasteiger partial charge < -0.3 is 10.6 Å². The van der Waals surface area contributed by atoms with Crippen molar-refractivity contribution in [2.24, 2.45) is 0 Å². The summed E-state index contributed by atoms with van der Waals surface area (Å²) in [4.78, 5) is 12.0. The summed E-state index contributed by atoms with van der Waals surface area (Å²) < 4.78 is 1.59. The monoisotopic (exact) mass is 342 g/mol.